The predicted octanol–water partition coefficient (Wildman–Crippen LogP) is 2.32. The summed E-state index contributed by atoms with van der Waals surface area (Å²) in [6.45, 7) is 8.20. The third-order valence-corrected chi connectivity index (χ3v) is 6.59. The average Bonchev–Trinajstić information content (AvgIpc) is 2.69. The number of rotatable bonds is 5. The quantitative estimate of drug-likeness (QED) is 0.810. The highest BCUT2D eigenvalue weighted by molar-refractivity contribution is 5.20. The molecule has 0 N–H and O–H groups in total. The lowest BCUT2D eigenvalue weighted by molar-refractivity contribution is 0.138. The van der Waals surface area contributed by atoms with Crippen LogP contribution in [-0.4, -0.2) is 58.8 Å². The highest BCUT2D eigenvalue weighted by atomic mass is 16.1. The standard InChI is InChI=1S/C21H34N4O/c26-21-16-19-6-2-3-7-20(19)22-25(21)17-18-8-12-24(13-9-18)15-14-23-10-4-1-5-11-23/h16,18H,1-15,17H2. The summed E-state index contributed by atoms with van der Waals surface area (Å²) in [6, 6.07) is 1.86. The first-order valence-electron chi connectivity index (χ1n) is 10.8. The minimum absolute atomic E-state index is 0.109. The molecular weight excluding hydrogens is 324 g/mol. The Kier molecular flexibility index (Phi) is 6.05. The molecule has 2 aliphatic heterocycles. The molecular formula is C21H34N4O. The molecule has 0 amide bonds. The maximum atomic E-state index is 12.4. The smallest absolute Gasteiger partial charge is 0.267 e. The monoisotopic (exact) mass is 358 g/mol. The molecule has 0 unspecified atom stereocenters. The van der Waals surface area contributed by atoms with Gasteiger partial charge in [-0.1, -0.05) is 6.42 Å². The largest absolute Gasteiger partial charge is 0.302 e. The highest BCUT2D eigenvalue weighted by Gasteiger charge is 2.22. The van der Waals surface area contributed by atoms with E-state index in [0.717, 1.165) is 19.4 Å². The van der Waals surface area contributed by atoms with Crippen molar-refractivity contribution in [1.82, 2.24) is 19.6 Å². The minimum atomic E-state index is 0.109. The summed E-state index contributed by atoms with van der Waals surface area (Å²) in [6.07, 6.45) is 11.1. The van der Waals surface area contributed by atoms with Crippen molar-refractivity contribution >= 4 is 0 Å². The van der Waals surface area contributed by atoms with Crippen molar-refractivity contribution in [2.24, 2.45) is 5.92 Å². The van der Waals surface area contributed by atoms with Gasteiger partial charge in [-0.05, 0) is 89.0 Å². The molecule has 1 aromatic rings. The van der Waals surface area contributed by atoms with Gasteiger partial charge in [-0.15, -0.1) is 0 Å². The molecule has 26 heavy (non-hydrogen) atoms. The lowest BCUT2D eigenvalue weighted by atomic mass is 9.96. The van der Waals surface area contributed by atoms with Gasteiger partial charge in [0.1, 0.15) is 0 Å². The Morgan fingerprint density at radius 1 is 0.885 bits per heavy atom. The van der Waals surface area contributed by atoms with E-state index in [2.05, 4.69) is 9.80 Å². The number of fused-ring (bicyclic) bond motifs is 1. The van der Waals surface area contributed by atoms with Gasteiger partial charge in [0.2, 0.25) is 0 Å². The first-order valence-corrected chi connectivity index (χ1v) is 10.8. The van der Waals surface area contributed by atoms with Crippen molar-refractivity contribution in [3.05, 3.63) is 27.7 Å². The Labute approximate surface area is 157 Å². The summed E-state index contributed by atoms with van der Waals surface area (Å²) in [5, 5.41) is 4.71. The van der Waals surface area contributed by atoms with E-state index in [1.165, 1.54) is 95.5 Å². The van der Waals surface area contributed by atoms with Crippen LogP contribution in [0.2, 0.25) is 0 Å². The number of aryl methyl sites for hydroxylation is 2. The number of hydrogen-bond donors (Lipinski definition) is 0. The van der Waals surface area contributed by atoms with Gasteiger partial charge in [-0.25, -0.2) is 4.68 Å². The van der Waals surface area contributed by atoms with Crippen LogP contribution in [0.25, 0.3) is 0 Å². The zero-order valence-electron chi connectivity index (χ0n) is 16.2. The van der Waals surface area contributed by atoms with Crippen LogP contribution in [0.3, 0.4) is 0 Å². The normalized spacial score (nSPS) is 23.1. The topological polar surface area (TPSA) is 41.4 Å². The summed E-state index contributed by atoms with van der Waals surface area (Å²) in [7, 11) is 0. The van der Waals surface area contributed by atoms with Gasteiger partial charge in [0.25, 0.3) is 5.56 Å². The second kappa shape index (κ2) is 8.66. The summed E-state index contributed by atoms with van der Waals surface area (Å²) >= 11 is 0. The van der Waals surface area contributed by atoms with Gasteiger partial charge in [0, 0.05) is 25.7 Å². The molecule has 0 saturated carbocycles. The Balaban J connectivity index is 1.25. The fraction of sp³-hybridized carbons (Fsp3) is 0.810. The van der Waals surface area contributed by atoms with Crippen molar-refractivity contribution in [2.75, 3.05) is 39.3 Å². The lowest BCUT2D eigenvalue weighted by Crippen LogP contribution is -2.42. The fourth-order valence-electron chi connectivity index (χ4n) is 4.83. The van der Waals surface area contributed by atoms with Crippen LogP contribution < -0.4 is 5.56 Å². The van der Waals surface area contributed by atoms with Gasteiger partial charge in [0.15, 0.2) is 0 Å². The van der Waals surface area contributed by atoms with E-state index in [-0.39, 0.29) is 5.56 Å². The molecule has 2 fully saturated rings. The Bertz CT molecular complexity index is 642. The highest BCUT2D eigenvalue weighted by Crippen LogP contribution is 2.20. The zero-order chi connectivity index (χ0) is 17.8. The Morgan fingerprint density at radius 3 is 2.35 bits per heavy atom. The number of piperidine rings is 2. The molecule has 5 nitrogen and oxygen atoms in total. The van der Waals surface area contributed by atoms with E-state index in [9.17, 15) is 4.79 Å². The summed E-state index contributed by atoms with van der Waals surface area (Å²) < 4.78 is 1.76. The maximum Gasteiger partial charge on any atom is 0.267 e. The van der Waals surface area contributed by atoms with E-state index in [1.54, 1.807) is 4.68 Å². The second-order valence-corrected chi connectivity index (χ2v) is 8.53. The third kappa shape index (κ3) is 4.55. The van der Waals surface area contributed by atoms with Crippen molar-refractivity contribution < 1.29 is 0 Å². The lowest BCUT2D eigenvalue weighted by Gasteiger charge is -2.34. The van der Waals surface area contributed by atoms with Crippen molar-refractivity contribution in [3.8, 4) is 0 Å². The molecule has 1 aromatic heterocycles. The van der Waals surface area contributed by atoms with Gasteiger partial charge in [-0.2, -0.15) is 5.10 Å². The zero-order valence-corrected chi connectivity index (χ0v) is 16.2. The summed E-state index contributed by atoms with van der Waals surface area (Å²) in [5.74, 6) is 0.605. The van der Waals surface area contributed by atoms with E-state index in [1.807, 2.05) is 6.07 Å². The van der Waals surface area contributed by atoms with Gasteiger partial charge >= 0.3 is 0 Å². The number of likely N-dealkylation sites (tertiary alicyclic amines) is 2. The molecule has 3 aliphatic rings. The van der Waals surface area contributed by atoms with Gasteiger partial charge in [-0.3, -0.25) is 4.79 Å². The molecule has 3 heterocycles. The Morgan fingerprint density at radius 2 is 1.58 bits per heavy atom. The summed E-state index contributed by atoms with van der Waals surface area (Å²) in [4.78, 5) is 17.6. The van der Waals surface area contributed by atoms with Gasteiger partial charge in [0.05, 0.1) is 5.69 Å². The van der Waals surface area contributed by atoms with Crippen LogP contribution in [0.15, 0.2) is 10.9 Å². The predicted molar refractivity (Wildman–Crippen MR) is 105 cm³/mol. The molecule has 144 valence electrons. The maximum absolute atomic E-state index is 12.4. The SMILES string of the molecule is O=c1cc2c(nn1CC1CCN(CCN3CCCCC3)CC1)CCCC2. The number of nitrogens with zero attached hydrogens (tertiary/aromatic N) is 4. The molecule has 5 heteroatoms. The van der Waals surface area contributed by atoms with Crippen LogP contribution in [0, 0.1) is 5.92 Å². The molecule has 0 radical (unpaired) electrons. The first-order chi connectivity index (χ1) is 12.8. The minimum Gasteiger partial charge on any atom is -0.302 e. The summed E-state index contributed by atoms with van der Waals surface area (Å²) in [5.41, 5.74) is 2.48. The van der Waals surface area contributed by atoms with Crippen LogP contribution in [-0.2, 0) is 19.4 Å². The van der Waals surface area contributed by atoms with E-state index < -0.39 is 0 Å². The first kappa shape index (κ1) is 18.2. The van der Waals surface area contributed by atoms with Crippen LogP contribution in [0.1, 0.15) is 56.2 Å². The molecule has 2 saturated heterocycles. The van der Waals surface area contributed by atoms with Crippen molar-refractivity contribution in [1.29, 1.82) is 0 Å². The van der Waals surface area contributed by atoms with Crippen molar-refractivity contribution in [3.63, 3.8) is 0 Å². The molecule has 4 rings (SSSR count). The second-order valence-electron chi connectivity index (χ2n) is 8.53. The molecule has 0 spiro atoms. The fourth-order valence-corrected chi connectivity index (χ4v) is 4.83. The van der Waals surface area contributed by atoms with Crippen LogP contribution in [0.4, 0.5) is 0 Å². The molecule has 0 bridgehead atoms. The van der Waals surface area contributed by atoms with Crippen LogP contribution in [0.5, 0.6) is 0 Å². The van der Waals surface area contributed by atoms with E-state index >= 15 is 0 Å². The molecule has 1 aliphatic carbocycles. The average molecular weight is 359 g/mol. The van der Waals surface area contributed by atoms with Gasteiger partial charge < -0.3 is 9.80 Å². The number of aromatic nitrogens is 2. The van der Waals surface area contributed by atoms with Crippen LogP contribution >= 0.6 is 0 Å². The van der Waals surface area contributed by atoms with Crippen molar-refractivity contribution in [2.45, 2.75) is 64.3 Å². The molecule has 0 atom stereocenters. The van der Waals surface area contributed by atoms with E-state index in [4.69, 9.17) is 5.10 Å². The molecule has 0 aromatic carbocycles. The number of hydrogen-bond acceptors (Lipinski definition) is 4. The third-order valence-electron chi connectivity index (χ3n) is 6.59. The van der Waals surface area contributed by atoms with E-state index in [0.29, 0.717) is 5.92 Å². The Hall–Kier alpha value is -1.20.